The van der Waals surface area contributed by atoms with Crippen LogP contribution in [0.1, 0.15) is 24.4 Å². The molecule has 1 atom stereocenters. The summed E-state index contributed by atoms with van der Waals surface area (Å²) in [6.45, 7) is 5.03. The molecule has 7 nitrogen and oxygen atoms in total. The summed E-state index contributed by atoms with van der Waals surface area (Å²) in [5, 5.41) is 11.7. The normalized spacial score (nSPS) is 12.3. The highest BCUT2D eigenvalue weighted by Crippen LogP contribution is 2.22. The first-order chi connectivity index (χ1) is 11.4. The summed E-state index contributed by atoms with van der Waals surface area (Å²) in [5.74, 6) is 0.115. The molecule has 0 aliphatic carbocycles. The van der Waals surface area contributed by atoms with Crippen molar-refractivity contribution in [1.29, 1.82) is 0 Å². The summed E-state index contributed by atoms with van der Waals surface area (Å²) in [4.78, 5) is 25.0. The number of benzene rings is 1. The molecule has 0 aliphatic heterocycles. The van der Waals surface area contributed by atoms with Crippen LogP contribution in [0.3, 0.4) is 0 Å². The average Bonchev–Trinajstić information content (AvgIpc) is 2.95. The van der Waals surface area contributed by atoms with Crippen LogP contribution in [-0.4, -0.2) is 20.8 Å². The van der Waals surface area contributed by atoms with Gasteiger partial charge in [0.2, 0.25) is 5.91 Å². The first-order valence-corrected chi connectivity index (χ1v) is 7.68. The van der Waals surface area contributed by atoms with Gasteiger partial charge in [0.1, 0.15) is 11.8 Å². The molecule has 1 aromatic carbocycles. The van der Waals surface area contributed by atoms with Gasteiger partial charge in [0.25, 0.3) is 5.56 Å². The molecule has 24 heavy (non-hydrogen) atoms. The maximum Gasteiger partial charge on any atom is 0.297 e. The Balaban J connectivity index is 1.98. The van der Waals surface area contributed by atoms with Crippen molar-refractivity contribution >= 4 is 34.1 Å². The van der Waals surface area contributed by atoms with Crippen molar-refractivity contribution in [3.8, 4) is 0 Å². The monoisotopic (exact) mass is 346 g/mol. The average molecular weight is 347 g/mol. The van der Waals surface area contributed by atoms with E-state index in [4.69, 9.17) is 16.1 Å². The van der Waals surface area contributed by atoms with Gasteiger partial charge in [-0.1, -0.05) is 28.9 Å². The van der Waals surface area contributed by atoms with Gasteiger partial charge in [0, 0.05) is 0 Å². The van der Waals surface area contributed by atoms with Gasteiger partial charge >= 0.3 is 0 Å². The molecule has 0 bridgehead atoms. The van der Waals surface area contributed by atoms with Crippen LogP contribution < -0.4 is 10.9 Å². The lowest BCUT2D eigenvalue weighted by molar-refractivity contribution is -0.119. The van der Waals surface area contributed by atoms with Gasteiger partial charge < -0.3 is 9.84 Å². The van der Waals surface area contributed by atoms with E-state index in [2.05, 4.69) is 15.6 Å². The molecule has 0 fully saturated rings. The molecule has 0 saturated heterocycles. The largest absolute Gasteiger partial charge is 0.360 e. The molecule has 124 valence electrons. The third-order valence-corrected chi connectivity index (χ3v) is 4.10. The Kier molecular flexibility index (Phi) is 4.11. The van der Waals surface area contributed by atoms with E-state index >= 15 is 0 Å². The summed E-state index contributed by atoms with van der Waals surface area (Å²) in [6.07, 6.45) is 0. The van der Waals surface area contributed by atoms with E-state index in [0.29, 0.717) is 27.6 Å². The summed E-state index contributed by atoms with van der Waals surface area (Å²) in [7, 11) is 0. The van der Waals surface area contributed by atoms with Crippen LogP contribution in [-0.2, 0) is 4.79 Å². The van der Waals surface area contributed by atoms with Crippen molar-refractivity contribution in [1.82, 2.24) is 14.9 Å². The highest BCUT2D eigenvalue weighted by molar-refractivity contribution is 6.33. The van der Waals surface area contributed by atoms with Gasteiger partial charge in [-0.05, 0) is 32.9 Å². The highest BCUT2D eigenvalue weighted by Gasteiger charge is 2.22. The van der Waals surface area contributed by atoms with Crippen molar-refractivity contribution in [3.05, 3.63) is 51.1 Å². The molecular weight excluding hydrogens is 332 g/mol. The van der Waals surface area contributed by atoms with Gasteiger partial charge in [-0.25, -0.2) is 4.68 Å². The molecule has 1 N–H and O–H groups in total. The maximum atomic E-state index is 12.5. The number of anilines is 1. The van der Waals surface area contributed by atoms with Crippen molar-refractivity contribution in [2.24, 2.45) is 0 Å². The number of aromatic nitrogens is 3. The molecule has 0 unspecified atom stereocenters. The van der Waals surface area contributed by atoms with Crippen molar-refractivity contribution in [2.75, 3.05) is 5.32 Å². The molecule has 2 heterocycles. The lowest BCUT2D eigenvalue weighted by Crippen LogP contribution is -2.34. The van der Waals surface area contributed by atoms with E-state index < -0.39 is 17.5 Å². The number of nitrogens with zero attached hydrogens (tertiary/aromatic N) is 3. The minimum atomic E-state index is -0.839. The molecule has 2 aromatic heterocycles. The zero-order valence-electron chi connectivity index (χ0n) is 13.3. The number of nitrogens with one attached hydrogen (secondary N) is 1. The Labute approximate surface area is 142 Å². The number of hydrogen-bond donors (Lipinski definition) is 1. The zero-order chi connectivity index (χ0) is 17.4. The molecule has 3 rings (SSSR count). The maximum absolute atomic E-state index is 12.5. The van der Waals surface area contributed by atoms with Crippen molar-refractivity contribution < 1.29 is 9.32 Å². The van der Waals surface area contributed by atoms with Crippen LogP contribution in [0.4, 0.5) is 5.69 Å². The SMILES string of the molecule is Cc1nn([C@H](C)C(=O)Nc2ccccc2Cl)c(=O)c2noc(C)c12. The first kappa shape index (κ1) is 16.2. The molecule has 0 aliphatic rings. The second kappa shape index (κ2) is 6.09. The number of rotatable bonds is 3. The minimum Gasteiger partial charge on any atom is -0.360 e. The molecular formula is C16H15ClN4O3. The second-order valence-electron chi connectivity index (χ2n) is 5.44. The van der Waals surface area contributed by atoms with Crippen molar-refractivity contribution in [2.45, 2.75) is 26.8 Å². The van der Waals surface area contributed by atoms with Gasteiger partial charge in [-0.3, -0.25) is 9.59 Å². The van der Waals surface area contributed by atoms with E-state index in [1.54, 1.807) is 45.0 Å². The van der Waals surface area contributed by atoms with Crippen LogP contribution in [0.15, 0.2) is 33.6 Å². The number of para-hydroxylation sites is 1. The molecule has 0 saturated carbocycles. The standard InChI is InChI=1S/C16H15ClN4O3/c1-8-13-10(3)24-20-14(13)16(23)21(19-8)9(2)15(22)18-12-7-5-4-6-11(12)17/h4-7,9H,1-3H3,(H,18,22)/t9-/m1/s1. The molecule has 3 aromatic rings. The molecule has 1 amide bonds. The number of halogens is 1. The van der Waals surface area contributed by atoms with E-state index in [-0.39, 0.29) is 5.52 Å². The minimum absolute atomic E-state index is 0.164. The number of carbonyl (C=O) groups excluding carboxylic acids is 1. The Morgan fingerprint density at radius 1 is 1.33 bits per heavy atom. The summed E-state index contributed by atoms with van der Waals surface area (Å²) in [6, 6.07) is 6.02. The fourth-order valence-electron chi connectivity index (χ4n) is 2.48. The van der Waals surface area contributed by atoms with Crippen LogP contribution in [0, 0.1) is 13.8 Å². The lowest BCUT2D eigenvalue weighted by Gasteiger charge is -2.15. The third kappa shape index (κ3) is 2.67. The van der Waals surface area contributed by atoms with E-state index in [1.807, 2.05) is 0 Å². The van der Waals surface area contributed by atoms with Gasteiger partial charge in [-0.2, -0.15) is 5.10 Å². The molecule has 0 radical (unpaired) electrons. The van der Waals surface area contributed by atoms with Gasteiger partial charge in [-0.15, -0.1) is 0 Å². The second-order valence-corrected chi connectivity index (χ2v) is 5.85. The smallest absolute Gasteiger partial charge is 0.297 e. The topological polar surface area (TPSA) is 90.0 Å². The van der Waals surface area contributed by atoms with Crippen LogP contribution in [0.2, 0.25) is 5.02 Å². The number of amides is 1. The zero-order valence-corrected chi connectivity index (χ0v) is 14.1. The number of aryl methyl sites for hydroxylation is 2. The van der Waals surface area contributed by atoms with E-state index in [9.17, 15) is 9.59 Å². The summed E-state index contributed by atoms with van der Waals surface area (Å²) >= 11 is 6.04. The fourth-order valence-corrected chi connectivity index (χ4v) is 2.67. The van der Waals surface area contributed by atoms with E-state index in [0.717, 1.165) is 4.68 Å². The predicted molar refractivity (Wildman–Crippen MR) is 90.3 cm³/mol. The third-order valence-electron chi connectivity index (χ3n) is 3.77. The highest BCUT2D eigenvalue weighted by atomic mass is 35.5. The summed E-state index contributed by atoms with van der Waals surface area (Å²) < 4.78 is 6.16. The summed E-state index contributed by atoms with van der Waals surface area (Å²) in [5.41, 5.74) is 0.728. The number of carbonyl (C=O) groups is 1. The quantitative estimate of drug-likeness (QED) is 0.787. The molecule has 8 heteroatoms. The van der Waals surface area contributed by atoms with Crippen LogP contribution in [0.5, 0.6) is 0 Å². The van der Waals surface area contributed by atoms with Gasteiger partial charge in [0.05, 0.1) is 21.8 Å². The van der Waals surface area contributed by atoms with Crippen LogP contribution >= 0.6 is 11.6 Å². The van der Waals surface area contributed by atoms with Gasteiger partial charge in [0.15, 0.2) is 5.52 Å². The van der Waals surface area contributed by atoms with Crippen molar-refractivity contribution in [3.63, 3.8) is 0 Å². The lowest BCUT2D eigenvalue weighted by atomic mass is 10.2. The Hall–Kier alpha value is -2.67. The number of hydrogen-bond acceptors (Lipinski definition) is 5. The first-order valence-electron chi connectivity index (χ1n) is 7.31. The molecule has 0 spiro atoms. The fraction of sp³-hybridized carbons (Fsp3) is 0.250. The predicted octanol–water partition coefficient (Wildman–Crippen LogP) is 2.85. The Bertz CT molecular complexity index is 993. The Morgan fingerprint density at radius 3 is 2.75 bits per heavy atom. The van der Waals surface area contributed by atoms with E-state index in [1.165, 1.54) is 0 Å². The van der Waals surface area contributed by atoms with Crippen LogP contribution in [0.25, 0.3) is 10.9 Å². The Morgan fingerprint density at radius 2 is 2.04 bits per heavy atom. The number of fused-ring (bicyclic) bond motifs is 1.